The summed E-state index contributed by atoms with van der Waals surface area (Å²) in [7, 11) is 1.38. The molecule has 8 nitrogen and oxygen atoms in total. The highest BCUT2D eigenvalue weighted by molar-refractivity contribution is 6.16. The zero-order valence-electron chi connectivity index (χ0n) is 16.7. The van der Waals surface area contributed by atoms with E-state index in [2.05, 4.69) is 0 Å². The average Bonchev–Trinajstić information content (AvgIpc) is 2.99. The van der Waals surface area contributed by atoms with Gasteiger partial charge in [0.05, 0.1) is 30.9 Å². The van der Waals surface area contributed by atoms with Crippen molar-refractivity contribution in [1.82, 2.24) is 0 Å². The normalized spacial score (nSPS) is 16.0. The highest BCUT2D eigenvalue weighted by Crippen LogP contribution is 2.42. The molecule has 0 bridgehead atoms. The van der Waals surface area contributed by atoms with Crippen LogP contribution in [-0.4, -0.2) is 41.6 Å². The largest absolute Gasteiger partial charge is 0.504 e. The van der Waals surface area contributed by atoms with Gasteiger partial charge in [-0.1, -0.05) is 6.07 Å². The van der Waals surface area contributed by atoms with Gasteiger partial charge < -0.3 is 19.7 Å². The van der Waals surface area contributed by atoms with Gasteiger partial charge in [0.25, 0.3) is 5.91 Å². The van der Waals surface area contributed by atoms with E-state index in [-0.39, 0.29) is 23.7 Å². The summed E-state index contributed by atoms with van der Waals surface area (Å²) >= 11 is 0. The molecule has 1 atom stereocenters. The molecule has 2 N–H and O–H groups in total. The number of anilines is 1. The van der Waals surface area contributed by atoms with Crippen LogP contribution in [0.15, 0.2) is 53.8 Å². The number of methoxy groups -OCH3 is 1. The van der Waals surface area contributed by atoms with Crippen LogP contribution in [0.1, 0.15) is 35.8 Å². The monoisotopic (exact) mass is 411 g/mol. The van der Waals surface area contributed by atoms with Crippen molar-refractivity contribution in [2.75, 3.05) is 18.6 Å². The van der Waals surface area contributed by atoms with E-state index in [9.17, 15) is 24.6 Å². The molecule has 0 radical (unpaired) electrons. The van der Waals surface area contributed by atoms with Gasteiger partial charge in [0.1, 0.15) is 0 Å². The van der Waals surface area contributed by atoms with E-state index in [0.29, 0.717) is 16.8 Å². The number of esters is 1. The van der Waals surface area contributed by atoms with E-state index in [0.717, 1.165) is 0 Å². The highest BCUT2D eigenvalue weighted by Gasteiger charge is 2.43. The van der Waals surface area contributed by atoms with Crippen molar-refractivity contribution in [1.29, 1.82) is 0 Å². The summed E-state index contributed by atoms with van der Waals surface area (Å²) in [6.07, 6.45) is 0. The van der Waals surface area contributed by atoms with Crippen molar-refractivity contribution in [2.45, 2.75) is 19.9 Å². The Hall–Kier alpha value is -3.81. The Bertz CT molecular complexity index is 1040. The van der Waals surface area contributed by atoms with Crippen LogP contribution < -0.4 is 9.64 Å². The minimum absolute atomic E-state index is 0.0674. The second-order valence-corrected chi connectivity index (χ2v) is 6.59. The fourth-order valence-electron chi connectivity index (χ4n) is 3.38. The number of nitrogens with zero attached hydrogens (tertiary/aromatic N) is 1. The van der Waals surface area contributed by atoms with E-state index in [1.54, 1.807) is 6.92 Å². The lowest BCUT2D eigenvalue weighted by Gasteiger charge is -2.27. The number of ether oxygens (including phenoxy) is 2. The Morgan fingerprint density at radius 1 is 1.10 bits per heavy atom. The summed E-state index contributed by atoms with van der Waals surface area (Å²) in [6.45, 7) is 3.19. The number of hydrogen-bond donors (Lipinski definition) is 2. The van der Waals surface area contributed by atoms with E-state index < -0.39 is 29.5 Å². The van der Waals surface area contributed by atoms with Gasteiger partial charge in [0.15, 0.2) is 23.0 Å². The molecule has 1 aliphatic heterocycles. The Kier molecular flexibility index (Phi) is 5.77. The first-order valence-corrected chi connectivity index (χ1v) is 9.21. The van der Waals surface area contributed by atoms with E-state index in [1.807, 2.05) is 0 Å². The minimum Gasteiger partial charge on any atom is -0.504 e. The standard InChI is InChI=1S/C22H21NO7/c1-4-30-22(28)13-5-8-15(9-6-13)23-19(18(12(2)24)20(26)21(23)27)14-7-10-16(25)17(11-14)29-3/h5-11,19,25-26H,4H2,1-3H3/t19-/m1/s1. The van der Waals surface area contributed by atoms with Crippen molar-refractivity contribution in [3.05, 3.63) is 64.9 Å². The van der Waals surface area contributed by atoms with Crippen LogP contribution in [0.25, 0.3) is 0 Å². The number of rotatable bonds is 6. The number of amides is 1. The summed E-state index contributed by atoms with van der Waals surface area (Å²) in [4.78, 5) is 38.2. The molecular weight excluding hydrogens is 390 g/mol. The van der Waals surface area contributed by atoms with Gasteiger partial charge in [-0.15, -0.1) is 0 Å². The van der Waals surface area contributed by atoms with Crippen molar-refractivity contribution < 1.29 is 34.1 Å². The molecule has 1 heterocycles. The average molecular weight is 411 g/mol. The number of phenolic OH excluding ortho intramolecular Hbond substituents is 1. The van der Waals surface area contributed by atoms with Gasteiger partial charge in [-0.25, -0.2) is 4.79 Å². The van der Waals surface area contributed by atoms with Crippen LogP contribution in [0.5, 0.6) is 11.5 Å². The lowest BCUT2D eigenvalue weighted by Crippen LogP contribution is -2.30. The molecule has 8 heteroatoms. The van der Waals surface area contributed by atoms with Crippen LogP contribution >= 0.6 is 0 Å². The van der Waals surface area contributed by atoms with Gasteiger partial charge in [0, 0.05) is 5.69 Å². The quantitative estimate of drug-likeness (QED) is 0.702. The number of phenols is 1. The minimum atomic E-state index is -0.932. The molecule has 0 spiro atoms. The zero-order chi connectivity index (χ0) is 22.0. The molecule has 2 aromatic carbocycles. The molecule has 1 amide bonds. The van der Waals surface area contributed by atoms with Crippen LogP contribution in [-0.2, 0) is 14.3 Å². The molecule has 1 aliphatic rings. The molecule has 3 rings (SSSR count). The third-order valence-corrected chi connectivity index (χ3v) is 4.76. The zero-order valence-corrected chi connectivity index (χ0v) is 16.7. The first-order valence-electron chi connectivity index (χ1n) is 9.21. The molecule has 0 aromatic heterocycles. The third kappa shape index (κ3) is 3.59. The number of aromatic hydroxyl groups is 1. The SMILES string of the molecule is CCOC(=O)c1ccc(N2C(=O)C(O)=C(C(C)=O)[C@H]2c2ccc(O)c(OC)c2)cc1. The van der Waals surface area contributed by atoms with Crippen LogP contribution in [0.3, 0.4) is 0 Å². The fraction of sp³-hybridized carbons (Fsp3) is 0.227. The fourth-order valence-corrected chi connectivity index (χ4v) is 3.38. The Labute approximate surface area is 173 Å². The number of carbonyl (C=O) groups is 3. The third-order valence-electron chi connectivity index (χ3n) is 4.76. The lowest BCUT2D eigenvalue weighted by molar-refractivity contribution is -0.117. The second kappa shape index (κ2) is 8.28. The van der Waals surface area contributed by atoms with Crippen LogP contribution in [0.2, 0.25) is 0 Å². The van der Waals surface area contributed by atoms with E-state index in [1.165, 1.54) is 61.4 Å². The second-order valence-electron chi connectivity index (χ2n) is 6.59. The molecule has 30 heavy (non-hydrogen) atoms. The molecule has 156 valence electrons. The molecule has 2 aromatic rings. The number of hydrogen-bond acceptors (Lipinski definition) is 7. The smallest absolute Gasteiger partial charge is 0.338 e. The van der Waals surface area contributed by atoms with Crippen molar-refractivity contribution in [2.24, 2.45) is 0 Å². The first-order chi connectivity index (χ1) is 14.3. The number of benzene rings is 2. The number of aliphatic hydroxyl groups is 1. The summed E-state index contributed by atoms with van der Waals surface area (Å²) in [5, 5.41) is 20.3. The number of aliphatic hydroxyl groups excluding tert-OH is 1. The molecule has 0 fully saturated rings. The van der Waals surface area contributed by atoms with Crippen molar-refractivity contribution >= 4 is 23.3 Å². The Morgan fingerprint density at radius 2 is 1.77 bits per heavy atom. The Morgan fingerprint density at radius 3 is 2.33 bits per heavy atom. The summed E-state index contributed by atoms with van der Waals surface area (Å²) in [6, 6.07) is 9.55. The predicted molar refractivity (Wildman–Crippen MR) is 108 cm³/mol. The van der Waals surface area contributed by atoms with Crippen LogP contribution in [0.4, 0.5) is 5.69 Å². The number of Topliss-reactive ketones (excluding diaryl/α,β-unsaturated/α-hetero) is 1. The molecule has 0 saturated heterocycles. The van der Waals surface area contributed by atoms with Gasteiger partial charge >= 0.3 is 5.97 Å². The van der Waals surface area contributed by atoms with Gasteiger partial charge in [-0.05, 0) is 55.8 Å². The van der Waals surface area contributed by atoms with Crippen LogP contribution in [0, 0.1) is 0 Å². The van der Waals surface area contributed by atoms with Gasteiger partial charge in [-0.3, -0.25) is 14.5 Å². The topological polar surface area (TPSA) is 113 Å². The van der Waals surface area contributed by atoms with Gasteiger partial charge in [-0.2, -0.15) is 0 Å². The van der Waals surface area contributed by atoms with Crippen molar-refractivity contribution in [3.63, 3.8) is 0 Å². The maximum absolute atomic E-state index is 12.8. The van der Waals surface area contributed by atoms with Crippen molar-refractivity contribution in [3.8, 4) is 11.5 Å². The maximum atomic E-state index is 12.8. The summed E-state index contributed by atoms with van der Waals surface area (Å²) < 4.78 is 10.1. The number of ketones is 1. The van der Waals surface area contributed by atoms with E-state index in [4.69, 9.17) is 9.47 Å². The van der Waals surface area contributed by atoms with E-state index >= 15 is 0 Å². The first kappa shape index (κ1) is 20.9. The van der Waals surface area contributed by atoms with Gasteiger partial charge in [0.2, 0.25) is 0 Å². The molecule has 0 unspecified atom stereocenters. The lowest BCUT2D eigenvalue weighted by atomic mass is 9.96. The number of carbonyl (C=O) groups excluding carboxylic acids is 3. The summed E-state index contributed by atoms with van der Waals surface area (Å²) in [5.74, 6) is -2.30. The Balaban J connectivity index is 2.09. The molecule has 0 saturated carbocycles. The summed E-state index contributed by atoms with van der Waals surface area (Å²) in [5.41, 5.74) is 1.07. The molecule has 0 aliphatic carbocycles. The highest BCUT2D eigenvalue weighted by atomic mass is 16.5. The predicted octanol–water partition coefficient (Wildman–Crippen LogP) is 3.07. The molecular formula is C22H21NO7. The maximum Gasteiger partial charge on any atom is 0.338 e.